The zero-order valence-electron chi connectivity index (χ0n) is 10.3. The van der Waals surface area contributed by atoms with Crippen molar-refractivity contribution in [1.29, 1.82) is 0 Å². The first-order valence-corrected chi connectivity index (χ1v) is 6.54. The van der Waals surface area contributed by atoms with Crippen LogP contribution in [0.1, 0.15) is 24.5 Å². The molecule has 1 radical (unpaired) electrons. The molecule has 0 saturated carbocycles. The van der Waals surface area contributed by atoms with Gasteiger partial charge in [-0.2, -0.15) is 0 Å². The van der Waals surface area contributed by atoms with Gasteiger partial charge >= 0.3 is 0 Å². The first kappa shape index (κ1) is 13.9. The predicted molar refractivity (Wildman–Crippen MR) is 73.3 cm³/mol. The molecule has 1 aromatic carbocycles. The second-order valence-corrected chi connectivity index (χ2v) is 5.62. The second-order valence-electron chi connectivity index (χ2n) is 4.71. The van der Waals surface area contributed by atoms with Crippen LogP contribution in [0.25, 0.3) is 10.9 Å². The van der Waals surface area contributed by atoms with Crippen molar-refractivity contribution in [1.82, 2.24) is 4.57 Å². The third-order valence-corrected chi connectivity index (χ3v) is 3.95. The number of halogens is 1. The van der Waals surface area contributed by atoms with Crippen molar-refractivity contribution in [2.75, 3.05) is 0 Å². The monoisotopic (exact) mass is 477 g/mol. The van der Waals surface area contributed by atoms with Gasteiger partial charge in [-0.3, -0.25) is 4.79 Å². The number of aromatic nitrogens is 1. The predicted octanol–water partition coefficient (Wildman–Crippen LogP) is 3.42. The minimum Gasteiger partial charge on any atom is -0.481 e. The molecular weight excluding hydrogens is 464 g/mol. The van der Waals surface area contributed by atoms with E-state index in [1.807, 2.05) is 19.2 Å². The summed E-state index contributed by atoms with van der Waals surface area (Å²) in [5.74, 6) is 0. The van der Waals surface area contributed by atoms with Crippen LogP contribution in [0.4, 0.5) is 0 Å². The summed E-state index contributed by atoms with van der Waals surface area (Å²) in [6, 6.07) is 5.37. The molecule has 0 atom stereocenters. The number of nitrogens with zero attached hydrogens (tertiary/aromatic N) is 1. The van der Waals surface area contributed by atoms with Crippen LogP contribution in [0, 0.1) is 13.0 Å². The molecule has 3 rings (SSSR count). The standard InChI is InChI=1S/C14H13BrNO.Re/c1-8-7-16-9(2)3-4-10-5-11(15)6-12(13(10)16)14(8)17;/h5-7H,3-4H2,1-2H3;/q-1;. The Balaban J connectivity index is 0.00000120. The minimum atomic E-state index is 0. The van der Waals surface area contributed by atoms with E-state index in [4.69, 9.17) is 0 Å². The Bertz CT molecular complexity index is 678. The van der Waals surface area contributed by atoms with Crippen molar-refractivity contribution in [2.24, 2.45) is 0 Å². The van der Waals surface area contributed by atoms with Gasteiger partial charge in [-0.1, -0.05) is 47.1 Å². The van der Waals surface area contributed by atoms with E-state index in [1.165, 1.54) is 11.6 Å². The average Bonchev–Trinajstić information content (AvgIpc) is 2.29. The molecule has 0 aliphatic carbocycles. The molecular formula is C14H13BrNORe-. The van der Waals surface area contributed by atoms with Gasteiger partial charge in [0.15, 0.2) is 5.43 Å². The summed E-state index contributed by atoms with van der Waals surface area (Å²) in [5, 5.41) is 0.827. The summed E-state index contributed by atoms with van der Waals surface area (Å²) in [6.07, 6.45) is 4.04. The maximum atomic E-state index is 12.2. The van der Waals surface area contributed by atoms with Crippen molar-refractivity contribution >= 4 is 26.8 Å². The van der Waals surface area contributed by atoms with Gasteiger partial charge in [-0.05, 0) is 35.9 Å². The Labute approximate surface area is 128 Å². The van der Waals surface area contributed by atoms with Gasteiger partial charge in [-0.15, -0.1) is 6.04 Å². The smallest absolute Gasteiger partial charge is 0.168 e. The van der Waals surface area contributed by atoms with E-state index in [9.17, 15) is 4.79 Å². The average molecular weight is 477 g/mol. The van der Waals surface area contributed by atoms with Crippen molar-refractivity contribution in [2.45, 2.75) is 26.7 Å². The van der Waals surface area contributed by atoms with E-state index in [0.29, 0.717) is 0 Å². The quantitative estimate of drug-likeness (QED) is 0.534. The molecule has 4 heteroatoms. The Morgan fingerprint density at radius 2 is 2.11 bits per heavy atom. The largest absolute Gasteiger partial charge is 0.481 e. The first-order valence-electron chi connectivity index (χ1n) is 5.75. The fourth-order valence-corrected chi connectivity index (χ4v) is 3.08. The molecule has 1 aliphatic rings. The number of benzene rings is 1. The molecule has 1 aliphatic heterocycles. The number of rotatable bonds is 0. The molecule has 0 amide bonds. The van der Waals surface area contributed by atoms with Crippen LogP contribution in [0.5, 0.6) is 0 Å². The number of hydrogen-bond donors (Lipinski definition) is 0. The summed E-state index contributed by atoms with van der Waals surface area (Å²) in [4.78, 5) is 12.2. The molecule has 0 spiro atoms. The number of pyridine rings is 1. The van der Waals surface area contributed by atoms with Crippen LogP contribution >= 0.6 is 15.9 Å². The Morgan fingerprint density at radius 3 is 2.83 bits per heavy atom. The molecule has 95 valence electrons. The van der Waals surface area contributed by atoms with Crippen LogP contribution in [0.2, 0.25) is 0 Å². The van der Waals surface area contributed by atoms with Crippen LogP contribution in [0.3, 0.4) is 0 Å². The summed E-state index contributed by atoms with van der Waals surface area (Å²) in [7, 11) is 0. The number of hydrogen-bond acceptors (Lipinski definition) is 1. The summed E-state index contributed by atoms with van der Waals surface area (Å²) in [5.41, 5.74) is 3.31. The third-order valence-electron chi connectivity index (χ3n) is 3.49. The summed E-state index contributed by atoms with van der Waals surface area (Å²) < 4.78 is 3.17. The Hall–Kier alpha value is -0.558. The molecule has 2 aromatic rings. The van der Waals surface area contributed by atoms with Crippen LogP contribution < -0.4 is 5.43 Å². The van der Waals surface area contributed by atoms with Gasteiger partial charge < -0.3 is 4.57 Å². The molecule has 0 fully saturated rings. The molecule has 2 heterocycles. The van der Waals surface area contributed by atoms with Crippen LogP contribution in [-0.2, 0) is 26.8 Å². The van der Waals surface area contributed by atoms with Crippen LogP contribution in [-0.4, -0.2) is 4.57 Å². The molecule has 0 N–H and O–H groups in total. The van der Waals surface area contributed by atoms with E-state index in [1.54, 1.807) is 0 Å². The normalized spacial score (nSPS) is 13.6. The number of aryl methyl sites for hydroxylation is 2. The summed E-state index contributed by atoms with van der Waals surface area (Å²) >= 11 is 3.49. The Kier molecular flexibility index (Phi) is 3.73. The van der Waals surface area contributed by atoms with Gasteiger partial charge in [0.2, 0.25) is 0 Å². The molecule has 0 unspecified atom stereocenters. The van der Waals surface area contributed by atoms with Crippen LogP contribution in [0.15, 0.2) is 27.6 Å². The molecule has 2 nitrogen and oxygen atoms in total. The Morgan fingerprint density at radius 1 is 1.39 bits per heavy atom. The van der Waals surface area contributed by atoms with E-state index >= 15 is 0 Å². The topological polar surface area (TPSA) is 22.0 Å². The fourth-order valence-electron chi connectivity index (χ4n) is 2.57. The van der Waals surface area contributed by atoms with E-state index in [0.717, 1.165) is 33.8 Å². The zero-order valence-corrected chi connectivity index (χ0v) is 14.6. The minimum absolute atomic E-state index is 0. The molecule has 0 saturated heterocycles. The van der Waals surface area contributed by atoms with Crippen molar-refractivity contribution in [3.05, 3.63) is 50.2 Å². The molecule has 0 bridgehead atoms. The van der Waals surface area contributed by atoms with Gasteiger partial charge in [0.25, 0.3) is 0 Å². The van der Waals surface area contributed by atoms with Gasteiger partial charge in [0.1, 0.15) is 0 Å². The maximum Gasteiger partial charge on any atom is 0.168 e. The molecule has 1 aromatic heterocycles. The van der Waals surface area contributed by atoms with Crippen molar-refractivity contribution in [3.63, 3.8) is 0 Å². The SMILES string of the molecule is Cc1cn2c3c(cc(Br)cc3c1=O)CC[C-]2C.[Re]. The molecule has 18 heavy (non-hydrogen) atoms. The fraction of sp³-hybridized carbons (Fsp3) is 0.286. The van der Waals surface area contributed by atoms with E-state index in [2.05, 4.69) is 33.5 Å². The second kappa shape index (κ2) is 4.85. The van der Waals surface area contributed by atoms with Gasteiger partial charge in [0.05, 0.1) is 0 Å². The third kappa shape index (κ3) is 1.97. The summed E-state index contributed by atoms with van der Waals surface area (Å²) in [6.45, 7) is 4.02. The van der Waals surface area contributed by atoms with Gasteiger partial charge in [-0.25, -0.2) is 0 Å². The maximum absolute atomic E-state index is 12.2. The van der Waals surface area contributed by atoms with Gasteiger partial charge in [0, 0.05) is 24.9 Å². The van der Waals surface area contributed by atoms with E-state index in [-0.39, 0.29) is 25.9 Å². The van der Waals surface area contributed by atoms with Crippen molar-refractivity contribution < 1.29 is 20.4 Å². The first-order chi connectivity index (χ1) is 8.08. The zero-order chi connectivity index (χ0) is 12.2. The van der Waals surface area contributed by atoms with E-state index < -0.39 is 0 Å². The van der Waals surface area contributed by atoms with Crippen molar-refractivity contribution in [3.8, 4) is 0 Å².